The van der Waals surface area contributed by atoms with Crippen molar-refractivity contribution in [1.82, 2.24) is 10.3 Å². The van der Waals surface area contributed by atoms with Crippen LogP contribution in [0.5, 0.6) is 0 Å². The molecule has 1 atom stereocenters. The van der Waals surface area contributed by atoms with Crippen molar-refractivity contribution >= 4 is 44.8 Å². The molecule has 1 aliphatic rings. The van der Waals surface area contributed by atoms with E-state index in [1.54, 1.807) is 30.6 Å². The van der Waals surface area contributed by atoms with Crippen molar-refractivity contribution in [2.45, 2.75) is 23.8 Å². The van der Waals surface area contributed by atoms with Gasteiger partial charge in [0.25, 0.3) is 10.0 Å². The molecular formula is C24H20ClN5O4S. The first-order valence-corrected chi connectivity index (χ1v) is 12.4. The van der Waals surface area contributed by atoms with Gasteiger partial charge in [0.1, 0.15) is 10.9 Å². The minimum atomic E-state index is -4.38. The van der Waals surface area contributed by atoms with Crippen molar-refractivity contribution in [2.75, 3.05) is 16.2 Å². The molecule has 0 fully saturated rings. The van der Waals surface area contributed by atoms with Crippen LogP contribution in [-0.2, 0) is 26.0 Å². The van der Waals surface area contributed by atoms with Crippen molar-refractivity contribution in [3.05, 3.63) is 83.1 Å². The molecule has 1 aliphatic heterocycles. The number of amides is 2. The topological polar surface area (TPSA) is 132 Å². The van der Waals surface area contributed by atoms with Crippen LogP contribution in [0.3, 0.4) is 0 Å². The smallest absolute Gasteiger partial charge is 0.266 e. The van der Waals surface area contributed by atoms with Gasteiger partial charge in [0.05, 0.1) is 34.5 Å². The molecule has 2 aromatic carbocycles. The largest absolute Gasteiger partial charge is 0.356 e. The first-order chi connectivity index (χ1) is 16.8. The number of fused-ring (bicyclic) bond motifs is 1. The molecule has 2 amide bonds. The summed E-state index contributed by atoms with van der Waals surface area (Å²) in [6.45, 7) is 0.308. The second-order valence-corrected chi connectivity index (χ2v) is 9.93. The number of pyridine rings is 1. The van der Waals surface area contributed by atoms with Gasteiger partial charge in [-0.05, 0) is 54.4 Å². The fourth-order valence-corrected chi connectivity index (χ4v) is 5.92. The maximum absolute atomic E-state index is 13.7. The standard InChI is InChI=1S/C24H20ClN5O4S/c25-18-13-17(15-26)5-6-22(18)35(33,34)30-20-4-2-1-3-19(20)29-24(32)21(30)14-23(31)28-12-9-16-7-10-27-11-8-16/h1-8,10-11,13,21H,9,12,14H2,(H,28,31)(H,29,32). The third-order valence-corrected chi connectivity index (χ3v) is 7.75. The Morgan fingerprint density at radius 1 is 1.17 bits per heavy atom. The van der Waals surface area contributed by atoms with Crippen LogP contribution in [-0.4, -0.2) is 37.8 Å². The average molecular weight is 510 g/mol. The van der Waals surface area contributed by atoms with Crippen LogP contribution in [0.15, 0.2) is 71.9 Å². The normalized spacial score (nSPS) is 15.0. The lowest BCUT2D eigenvalue weighted by Gasteiger charge is -2.36. The molecule has 0 radical (unpaired) electrons. The minimum absolute atomic E-state index is 0.159. The van der Waals surface area contributed by atoms with Crippen molar-refractivity contribution in [3.8, 4) is 6.07 Å². The fraction of sp³-hybridized carbons (Fsp3) is 0.167. The van der Waals surface area contributed by atoms with E-state index in [0.29, 0.717) is 18.7 Å². The predicted octanol–water partition coefficient (Wildman–Crippen LogP) is 2.87. The van der Waals surface area contributed by atoms with Crippen LogP contribution in [0.25, 0.3) is 0 Å². The van der Waals surface area contributed by atoms with E-state index >= 15 is 0 Å². The highest BCUT2D eigenvalue weighted by Gasteiger charge is 2.42. The van der Waals surface area contributed by atoms with E-state index in [4.69, 9.17) is 16.9 Å². The molecule has 4 rings (SSSR count). The van der Waals surface area contributed by atoms with Crippen molar-refractivity contribution in [2.24, 2.45) is 0 Å². The summed E-state index contributed by atoms with van der Waals surface area (Å²) in [5.74, 6) is -1.12. The maximum Gasteiger partial charge on any atom is 0.266 e. The van der Waals surface area contributed by atoms with Crippen molar-refractivity contribution in [1.29, 1.82) is 5.26 Å². The number of para-hydroxylation sites is 2. The molecule has 0 saturated carbocycles. The summed E-state index contributed by atoms with van der Waals surface area (Å²) in [4.78, 5) is 29.4. The Morgan fingerprint density at radius 3 is 2.63 bits per heavy atom. The second-order valence-electron chi connectivity index (χ2n) is 7.74. The monoisotopic (exact) mass is 509 g/mol. The number of aromatic nitrogens is 1. The summed E-state index contributed by atoms with van der Waals surface area (Å²) in [5, 5.41) is 14.3. The highest BCUT2D eigenvalue weighted by atomic mass is 35.5. The Labute approximate surface area is 207 Å². The summed E-state index contributed by atoms with van der Waals surface area (Å²) in [6, 6.07) is 14.4. The van der Waals surface area contributed by atoms with Crippen LogP contribution < -0.4 is 14.9 Å². The number of nitrogens with one attached hydrogen (secondary N) is 2. The molecule has 0 saturated heterocycles. The van der Waals surface area contributed by atoms with E-state index in [1.165, 1.54) is 24.3 Å². The third kappa shape index (κ3) is 5.11. The number of nitriles is 1. The predicted molar refractivity (Wildman–Crippen MR) is 130 cm³/mol. The second kappa shape index (κ2) is 10.1. The fourth-order valence-electron chi connectivity index (χ4n) is 3.76. The molecule has 9 nitrogen and oxygen atoms in total. The number of benzene rings is 2. The maximum atomic E-state index is 13.7. The van der Waals surface area contributed by atoms with Gasteiger partial charge in [-0.3, -0.25) is 18.9 Å². The summed E-state index contributed by atoms with van der Waals surface area (Å²) in [7, 11) is -4.38. The summed E-state index contributed by atoms with van der Waals surface area (Å²) < 4.78 is 28.4. The molecule has 0 spiro atoms. The summed E-state index contributed by atoms with van der Waals surface area (Å²) in [6.07, 6.45) is 3.45. The zero-order valence-electron chi connectivity index (χ0n) is 18.3. The Hall–Kier alpha value is -3.94. The molecule has 0 aliphatic carbocycles. The van der Waals surface area contributed by atoms with Crippen LogP contribution in [0.4, 0.5) is 11.4 Å². The Morgan fingerprint density at radius 2 is 1.91 bits per heavy atom. The quantitative estimate of drug-likeness (QED) is 0.503. The number of nitrogens with zero attached hydrogens (tertiary/aromatic N) is 3. The summed E-state index contributed by atoms with van der Waals surface area (Å²) in [5.41, 5.74) is 1.67. The van der Waals surface area contributed by atoms with Gasteiger partial charge in [0.15, 0.2) is 0 Å². The number of halogens is 1. The molecular weight excluding hydrogens is 490 g/mol. The number of sulfonamides is 1. The molecule has 178 valence electrons. The van der Waals surface area contributed by atoms with Gasteiger partial charge in [0, 0.05) is 18.9 Å². The van der Waals surface area contributed by atoms with E-state index in [1.807, 2.05) is 18.2 Å². The van der Waals surface area contributed by atoms with Gasteiger partial charge < -0.3 is 10.6 Å². The minimum Gasteiger partial charge on any atom is -0.356 e. The molecule has 1 unspecified atom stereocenters. The van der Waals surface area contributed by atoms with Crippen LogP contribution in [0.2, 0.25) is 5.02 Å². The number of anilines is 2. The number of hydrogen-bond donors (Lipinski definition) is 2. The van der Waals surface area contributed by atoms with Crippen LogP contribution >= 0.6 is 11.6 Å². The van der Waals surface area contributed by atoms with Crippen LogP contribution in [0, 0.1) is 11.3 Å². The Balaban J connectivity index is 1.63. The highest BCUT2D eigenvalue weighted by Crippen LogP contribution is 2.38. The number of carbonyl (C=O) groups is 2. The van der Waals surface area contributed by atoms with Gasteiger partial charge in [-0.2, -0.15) is 5.26 Å². The Bertz CT molecular complexity index is 1420. The molecule has 0 bridgehead atoms. The highest BCUT2D eigenvalue weighted by molar-refractivity contribution is 7.93. The lowest BCUT2D eigenvalue weighted by molar-refractivity contribution is -0.125. The average Bonchev–Trinajstić information content (AvgIpc) is 2.84. The van der Waals surface area contributed by atoms with E-state index in [0.717, 1.165) is 9.87 Å². The van der Waals surface area contributed by atoms with E-state index in [9.17, 15) is 18.0 Å². The number of carbonyl (C=O) groups excluding carboxylic acids is 2. The first-order valence-electron chi connectivity index (χ1n) is 10.6. The van der Waals surface area contributed by atoms with Crippen molar-refractivity contribution in [3.63, 3.8) is 0 Å². The molecule has 1 aromatic heterocycles. The van der Waals surface area contributed by atoms with Gasteiger partial charge in [-0.15, -0.1) is 0 Å². The van der Waals surface area contributed by atoms with E-state index in [2.05, 4.69) is 15.6 Å². The lowest BCUT2D eigenvalue weighted by atomic mass is 10.1. The summed E-state index contributed by atoms with van der Waals surface area (Å²) >= 11 is 6.21. The van der Waals surface area contributed by atoms with Gasteiger partial charge in [-0.25, -0.2) is 8.42 Å². The van der Waals surface area contributed by atoms with E-state index < -0.39 is 34.3 Å². The Kier molecular flexibility index (Phi) is 7.00. The molecule has 11 heteroatoms. The third-order valence-electron chi connectivity index (χ3n) is 5.45. The molecule has 35 heavy (non-hydrogen) atoms. The van der Waals surface area contributed by atoms with Crippen LogP contribution in [0.1, 0.15) is 17.5 Å². The molecule has 2 heterocycles. The lowest BCUT2D eigenvalue weighted by Crippen LogP contribution is -2.52. The van der Waals surface area contributed by atoms with Gasteiger partial charge in [0.2, 0.25) is 11.8 Å². The number of rotatable bonds is 7. The van der Waals surface area contributed by atoms with Gasteiger partial charge >= 0.3 is 0 Å². The zero-order chi connectivity index (χ0) is 25.0. The SMILES string of the molecule is N#Cc1ccc(S(=O)(=O)N2c3ccccc3NC(=O)C2CC(=O)NCCc2ccncc2)c(Cl)c1. The molecule has 3 aromatic rings. The van der Waals surface area contributed by atoms with Gasteiger partial charge in [-0.1, -0.05) is 23.7 Å². The van der Waals surface area contributed by atoms with Crippen molar-refractivity contribution < 1.29 is 18.0 Å². The molecule has 2 N–H and O–H groups in total. The van der Waals surface area contributed by atoms with E-state index in [-0.39, 0.29) is 21.2 Å². The first kappa shape index (κ1) is 24.2. The number of hydrogen-bond acceptors (Lipinski definition) is 6. The zero-order valence-corrected chi connectivity index (χ0v) is 19.9.